The molecule has 0 N–H and O–H groups in total. The lowest BCUT2D eigenvalue weighted by Gasteiger charge is -2.28. The Kier molecular flexibility index (Phi) is 6.39. The van der Waals surface area contributed by atoms with Crippen molar-refractivity contribution in [1.82, 2.24) is 9.88 Å². The molecule has 2 heterocycles. The van der Waals surface area contributed by atoms with Crippen LogP contribution in [0.3, 0.4) is 0 Å². The smallest absolute Gasteiger partial charge is 0.266 e. The highest BCUT2D eigenvalue weighted by Crippen LogP contribution is 2.28. The summed E-state index contributed by atoms with van der Waals surface area (Å²) in [5, 5.41) is 2.09. The molecule has 2 aromatic heterocycles. The molecule has 28 heavy (non-hydrogen) atoms. The number of thiophene rings is 1. The number of amides is 1. The Morgan fingerprint density at radius 3 is 2.82 bits per heavy atom. The molecule has 0 aliphatic heterocycles. The van der Waals surface area contributed by atoms with Crippen molar-refractivity contribution in [1.29, 1.82) is 0 Å². The fraction of sp³-hybridized carbons (Fsp3) is 0.364. The van der Waals surface area contributed by atoms with E-state index < -0.39 is 0 Å². The van der Waals surface area contributed by atoms with Crippen molar-refractivity contribution in [3.63, 3.8) is 0 Å². The number of hydrogen-bond acceptors (Lipinski definition) is 5. The third-order valence-corrected chi connectivity index (χ3v) is 6.82. The van der Waals surface area contributed by atoms with E-state index in [0.717, 1.165) is 35.5 Å². The van der Waals surface area contributed by atoms with Gasteiger partial charge >= 0.3 is 0 Å². The lowest BCUT2D eigenvalue weighted by molar-refractivity contribution is 0.0669. The lowest BCUT2D eigenvalue weighted by Crippen LogP contribution is -2.37. The first-order chi connectivity index (χ1) is 13.8. The predicted molar refractivity (Wildman–Crippen MR) is 114 cm³/mol. The Bertz CT molecular complexity index is 872. The number of benzene rings is 1. The van der Waals surface area contributed by atoms with Gasteiger partial charge in [-0.1, -0.05) is 31.0 Å². The lowest BCUT2D eigenvalue weighted by atomic mass is 10.1. The largest absolute Gasteiger partial charge is 0.493 e. The van der Waals surface area contributed by atoms with Crippen LogP contribution >= 0.6 is 22.7 Å². The summed E-state index contributed by atoms with van der Waals surface area (Å²) in [6, 6.07) is 12.7. The van der Waals surface area contributed by atoms with E-state index in [4.69, 9.17) is 4.74 Å². The van der Waals surface area contributed by atoms with Crippen LogP contribution in [0.15, 0.2) is 53.5 Å². The van der Waals surface area contributed by atoms with Crippen LogP contribution in [-0.4, -0.2) is 28.4 Å². The normalized spacial score (nSPS) is 14.3. The van der Waals surface area contributed by atoms with E-state index in [1.165, 1.54) is 29.1 Å². The van der Waals surface area contributed by atoms with Crippen molar-refractivity contribution in [2.45, 2.75) is 44.7 Å². The molecule has 1 saturated carbocycles. The highest BCUT2D eigenvalue weighted by Gasteiger charge is 2.28. The number of nitrogens with zero attached hydrogens (tertiary/aromatic N) is 2. The molecule has 6 heteroatoms. The molecule has 0 radical (unpaired) electrons. The van der Waals surface area contributed by atoms with Crippen molar-refractivity contribution in [3.8, 4) is 5.75 Å². The molecule has 1 aliphatic carbocycles. The van der Waals surface area contributed by atoms with E-state index in [0.29, 0.717) is 19.2 Å². The maximum absolute atomic E-state index is 13.1. The number of thiazole rings is 1. The van der Waals surface area contributed by atoms with Crippen molar-refractivity contribution in [2.24, 2.45) is 0 Å². The highest BCUT2D eigenvalue weighted by atomic mass is 32.1. The number of carbonyl (C=O) groups is 1. The third-order valence-electron chi connectivity index (χ3n) is 5.12. The molecule has 0 saturated heterocycles. The average molecular weight is 413 g/mol. The Morgan fingerprint density at radius 1 is 1.18 bits per heavy atom. The van der Waals surface area contributed by atoms with Gasteiger partial charge in [-0.3, -0.25) is 9.78 Å². The van der Waals surface area contributed by atoms with E-state index in [1.807, 2.05) is 17.0 Å². The summed E-state index contributed by atoms with van der Waals surface area (Å²) in [6.45, 7) is 1.28. The van der Waals surface area contributed by atoms with Crippen LogP contribution in [0.1, 0.15) is 45.8 Å². The first kappa shape index (κ1) is 19.2. The standard InChI is InChI=1S/C22H24N2O2S2/c25-22(21-14-23-16-28-21)24(18-6-1-2-7-18)15-17-5-3-8-19(13-17)26-11-10-20-9-4-12-27-20/h3-5,8-9,12-14,16,18H,1-2,6-7,10-11,15H2. The van der Waals surface area contributed by atoms with Gasteiger partial charge in [-0.15, -0.1) is 22.7 Å². The zero-order chi connectivity index (χ0) is 19.2. The number of ether oxygens (including phenoxy) is 1. The van der Waals surface area contributed by atoms with Gasteiger partial charge in [0.15, 0.2) is 0 Å². The van der Waals surface area contributed by atoms with Gasteiger partial charge in [0, 0.05) is 23.9 Å². The predicted octanol–water partition coefficient (Wildman–Crippen LogP) is 5.41. The SMILES string of the molecule is O=C(c1cncs1)N(Cc1cccc(OCCc2cccs2)c1)C1CCCC1. The average Bonchev–Trinajstić information content (AvgIpc) is 3.49. The summed E-state index contributed by atoms with van der Waals surface area (Å²) < 4.78 is 5.96. The Balaban J connectivity index is 1.43. The number of carbonyl (C=O) groups excluding carboxylic acids is 1. The first-order valence-corrected chi connectivity index (χ1v) is 11.5. The van der Waals surface area contributed by atoms with Crippen LogP contribution < -0.4 is 4.74 Å². The Labute approximate surface area is 173 Å². The molecule has 0 unspecified atom stereocenters. The maximum Gasteiger partial charge on any atom is 0.266 e. The van der Waals surface area contributed by atoms with Crippen molar-refractivity contribution in [2.75, 3.05) is 6.61 Å². The number of rotatable bonds is 8. The van der Waals surface area contributed by atoms with Gasteiger partial charge in [0.05, 0.1) is 18.3 Å². The summed E-state index contributed by atoms with van der Waals surface area (Å²) in [5.74, 6) is 0.962. The maximum atomic E-state index is 13.1. The molecule has 1 fully saturated rings. The summed E-state index contributed by atoms with van der Waals surface area (Å²) in [6.07, 6.45) is 7.16. The van der Waals surface area contributed by atoms with Crippen LogP contribution in [0.25, 0.3) is 0 Å². The van der Waals surface area contributed by atoms with Gasteiger partial charge in [-0.2, -0.15) is 0 Å². The van der Waals surface area contributed by atoms with Crippen LogP contribution in [-0.2, 0) is 13.0 Å². The van der Waals surface area contributed by atoms with Gasteiger partial charge in [-0.05, 0) is 42.0 Å². The zero-order valence-corrected chi connectivity index (χ0v) is 17.4. The molecule has 146 valence electrons. The molecular weight excluding hydrogens is 388 g/mol. The molecule has 0 spiro atoms. The summed E-state index contributed by atoms with van der Waals surface area (Å²) in [4.78, 5) is 21.2. The Hall–Kier alpha value is -2.18. The molecule has 3 aromatic rings. The number of hydrogen-bond donors (Lipinski definition) is 0. The van der Waals surface area contributed by atoms with Gasteiger partial charge in [0.1, 0.15) is 10.6 Å². The quantitative estimate of drug-likeness (QED) is 0.497. The molecule has 1 aromatic carbocycles. The second-order valence-electron chi connectivity index (χ2n) is 7.06. The van der Waals surface area contributed by atoms with Crippen LogP contribution in [0.2, 0.25) is 0 Å². The van der Waals surface area contributed by atoms with E-state index in [-0.39, 0.29) is 5.91 Å². The summed E-state index contributed by atoms with van der Waals surface area (Å²) in [7, 11) is 0. The summed E-state index contributed by atoms with van der Waals surface area (Å²) in [5.41, 5.74) is 2.83. The van der Waals surface area contributed by atoms with Crippen molar-refractivity contribution < 1.29 is 9.53 Å². The fourth-order valence-electron chi connectivity index (χ4n) is 3.70. The minimum atomic E-state index is 0.0958. The van der Waals surface area contributed by atoms with Gasteiger partial charge < -0.3 is 9.64 Å². The van der Waals surface area contributed by atoms with Crippen molar-refractivity contribution in [3.05, 3.63) is 68.8 Å². The molecule has 4 nitrogen and oxygen atoms in total. The second kappa shape index (κ2) is 9.34. The fourth-order valence-corrected chi connectivity index (χ4v) is 4.97. The molecular formula is C22H24N2O2S2. The molecule has 0 bridgehead atoms. The Morgan fingerprint density at radius 2 is 2.07 bits per heavy atom. The third kappa shape index (κ3) is 4.80. The van der Waals surface area contributed by atoms with Crippen LogP contribution in [0, 0.1) is 0 Å². The summed E-state index contributed by atoms with van der Waals surface area (Å²) >= 11 is 3.17. The highest BCUT2D eigenvalue weighted by molar-refractivity contribution is 7.11. The van der Waals surface area contributed by atoms with Crippen LogP contribution in [0.5, 0.6) is 5.75 Å². The van der Waals surface area contributed by atoms with Crippen molar-refractivity contribution >= 4 is 28.6 Å². The number of aromatic nitrogens is 1. The zero-order valence-electron chi connectivity index (χ0n) is 15.8. The molecule has 4 rings (SSSR count). The minimum absolute atomic E-state index is 0.0958. The first-order valence-electron chi connectivity index (χ1n) is 9.73. The van der Waals surface area contributed by atoms with Gasteiger partial charge in [0.25, 0.3) is 5.91 Å². The second-order valence-corrected chi connectivity index (χ2v) is 8.98. The van der Waals surface area contributed by atoms with Crippen LogP contribution in [0.4, 0.5) is 0 Å². The minimum Gasteiger partial charge on any atom is -0.493 e. The van der Waals surface area contributed by atoms with Gasteiger partial charge in [0.2, 0.25) is 0 Å². The molecule has 1 aliphatic rings. The van der Waals surface area contributed by atoms with E-state index in [9.17, 15) is 4.79 Å². The molecule has 0 atom stereocenters. The molecule has 1 amide bonds. The van der Waals surface area contributed by atoms with E-state index >= 15 is 0 Å². The van der Waals surface area contributed by atoms with Gasteiger partial charge in [-0.25, -0.2) is 0 Å². The topological polar surface area (TPSA) is 42.4 Å². The van der Waals surface area contributed by atoms with E-state index in [2.05, 4.69) is 34.6 Å². The van der Waals surface area contributed by atoms with E-state index in [1.54, 1.807) is 23.0 Å². The monoisotopic (exact) mass is 412 g/mol.